The summed E-state index contributed by atoms with van der Waals surface area (Å²) < 4.78 is 30.9. The molecule has 0 bridgehead atoms. The number of nitrogens with zero attached hydrogens (tertiary/aromatic N) is 2. The highest BCUT2D eigenvalue weighted by Crippen LogP contribution is 2.22. The lowest BCUT2D eigenvalue weighted by atomic mass is 10.1. The fourth-order valence-corrected chi connectivity index (χ4v) is 1.41. The van der Waals surface area contributed by atoms with Gasteiger partial charge in [0.1, 0.15) is 0 Å². The standard InChI is InChI=1S/C12H13F2N3O.ClH/c1-6(2)10(15)12-16-11(17-18-12)7-3-4-8(13)9(14)5-7;/h3-6,10H,15H2,1-2H3;1H/t10-;/m1./s1. The maximum Gasteiger partial charge on any atom is 0.244 e. The van der Waals surface area contributed by atoms with Crippen molar-refractivity contribution in [2.45, 2.75) is 19.9 Å². The van der Waals surface area contributed by atoms with Crippen LogP contribution in [-0.4, -0.2) is 10.1 Å². The number of benzene rings is 1. The van der Waals surface area contributed by atoms with Gasteiger partial charge in [-0.05, 0) is 24.1 Å². The molecule has 0 saturated heterocycles. The lowest BCUT2D eigenvalue weighted by molar-refractivity contribution is 0.325. The van der Waals surface area contributed by atoms with E-state index in [0.717, 1.165) is 12.1 Å². The van der Waals surface area contributed by atoms with Crippen LogP contribution in [0.3, 0.4) is 0 Å². The second-order valence-electron chi connectivity index (χ2n) is 4.35. The Morgan fingerprint density at radius 1 is 1.21 bits per heavy atom. The quantitative estimate of drug-likeness (QED) is 0.943. The number of hydrogen-bond acceptors (Lipinski definition) is 4. The maximum absolute atomic E-state index is 13.1. The summed E-state index contributed by atoms with van der Waals surface area (Å²) in [5.74, 6) is -1.25. The molecule has 1 aromatic heterocycles. The van der Waals surface area contributed by atoms with Gasteiger partial charge in [0, 0.05) is 5.56 Å². The number of rotatable bonds is 3. The Bertz CT molecular complexity index is 560. The minimum Gasteiger partial charge on any atom is -0.337 e. The molecular weight excluding hydrogens is 276 g/mol. The number of halogens is 3. The van der Waals surface area contributed by atoms with Gasteiger partial charge in [-0.2, -0.15) is 4.98 Å². The van der Waals surface area contributed by atoms with Gasteiger partial charge in [0.25, 0.3) is 0 Å². The minimum atomic E-state index is -0.952. The summed E-state index contributed by atoms with van der Waals surface area (Å²) in [4.78, 5) is 4.08. The van der Waals surface area contributed by atoms with Crippen molar-refractivity contribution in [2.24, 2.45) is 11.7 Å². The molecule has 1 heterocycles. The van der Waals surface area contributed by atoms with Gasteiger partial charge in [0.15, 0.2) is 11.6 Å². The average Bonchev–Trinajstić information content (AvgIpc) is 2.81. The van der Waals surface area contributed by atoms with E-state index in [2.05, 4.69) is 10.1 Å². The Labute approximate surface area is 115 Å². The van der Waals surface area contributed by atoms with E-state index in [9.17, 15) is 8.78 Å². The molecule has 0 aliphatic carbocycles. The van der Waals surface area contributed by atoms with Crippen LogP contribution in [0.5, 0.6) is 0 Å². The predicted molar refractivity (Wildman–Crippen MR) is 68.7 cm³/mol. The first kappa shape index (κ1) is 15.5. The van der Waals surface area contributed by atoms with E-state index in [1.54, 1.807) is 0 Å². The highest BCUT2D eigenvalue weighted by Gasteiger charge is 2.19. The molecule has 0 aliphatic heterocycles. The minimum absolute atomic E-state index is 0. The molecule has 2 aromatic rings. The van der Waals surface area contributed by atoms with Gasteiger partial charge in [-0.1, -0.05) is 19.0 Å². The maximum atomic E-state index is 13.1. The van der Waals surface area contributed by atoms with Gasteiger partial charge in [0.2, 0.25) is 11.7 Å². The second-order valence-corrected chi connectivity index (χ2v) is 4.35. The Morgan fingerprint density at radius 3 is 2.47 bits per heavy atom. The monoisotopic (exact) mass is 289 g/mol. The largest absolute Gasteiger partial charge is 0.337 e. The van der Waals surface area contributed by atoms with Gasteiger partial charge in [-0.15, -0.1) is 12.4 Å². The summed E-state index contributed by atoms with van der Waals surface area (Å²) in [6.45, 7) is 3.85. The van der Waals surface area contributed by atoms with Crippen LogP contribution < -0.4 is 5.73 Å². The summed E-state index contributed by atoms with van der Waals surface area (Å²) in [6.07, 6.45) is 0. The average molecular weight is 290 g/mol. The van der Waals surface area contributed by atoms with E-state index in [1.807, 2.05) is 13.8 Å². The molecule has 2 N–H and O–H groups in total. The van der Waals surface area contributed by atoms with Crippen molar-refractivity contribution in [2.75, 3.05) is 0 Å². The topological polar surface area (TPSA) is 64.9 Å². The zero-order valence-electron chi connectivity index (χ0n) is 10.4. The van der Waals surface area contributed by atoms with Crippen LogP contribution in [0.1, 0.15) is 25.8 Å². The third kappa shape index (κ3) is 3.27. The van der Waals surface area contributed by atoms with Gasteiger partial charge in [-0.25, -0.2) is 8.78 Å². The molecule has 0 saturated carbocycles. The molecule has 0 aliphatic rings. The fraction of sp³-hybridized carbons (Fsp3) is 0.333. The molecular formula is C12H14ClF2N3O. The summed E-state index contributed by atoms with van der Waals surface area (Å²) >= 11 is 0. The highest BCUT2D eigenvalue weighted by atomic mass is 35.5. The number of nitrogens with two attached hydrogens (primary N) is 1. The summed E-state index contributed by atoms with van der Waals surface area (Å²) in [5, 5.41) is 3.71. The van der Waals surface area contributed by atoms with Crippen LogP contribution in [-0.2, 0) is 0 Å². The molecule has 104 valence electrons. The van der Waals surface area contributed by atoms with Crippen molar-refractivity contribution in [3.63, 3.8) is 0 Å². The summed E-state index contributed by atoms with van der Waals surface area (Å²) in [7, 11) is 0. The number of hydrogen-bond donors (Lipinski definition) is 1. The first-order valence-electron chi connectivity index (χ1n) is 5.53. The lowest BCUT2D eigenvalue weighted by Crippen LogP contribution is -2.16. The van der Waals surface area contributed by atoms with Crippen LogP contribution >= 0.6 is 12.4 Å². The molecule has 0 amide bonds. The van der Waals surface area contributed by atoms with Gasteiger partial charge >= 0.3 is 0 Å². The van der Waals surface area contributed by atoms with Crippen LogP contribution in [0.15, 0.2) is 22.7 Å². The van der Waals surface area contributed by atoms with E-state index in [4.69, 9.17) is 10.3 Å². The molecule has 7 heteroatoms. The first-order chi connectivity index (χ1) is 8.49. The summed E-state index contributed by atoms with van der Waals surface area (Å²) in [5.41, 5.74) is 6.20. The van der Waals surface area contributed by atoms with Crippen molar-refractivity contribution in [1.29, 1.82) is 0 Å². The first-order valence-corrected chi connectivity index (χ1v) is 5.53. The van der Waals surface area contributed by atoms with E-state index in [-0.39, 0.29) is 36.1 Å². The molecule has 0 radical (unpaired) electrons. The second kappa shape index (κ2) is 6.08. The molecule has 1 atom stereocenters. The smallest absolute Gasteiger partial charge is 0.244 e. The molecule has 0 fully saturated rings. The Kier molecular flexibility index (Phi) is 4.97. The highest BCUT2D eigenvalue weighted by molar-refractivity contribution is 5.85. The molecule has 19 heavy (non-hydrogen) atoms. The molecule has 2 rings (SSSR count). The van der Waals surface area contributed by atoms with Crippen LogP contribution in [0, 0.1) is 17.6 Å². The number of aromatic nitrogens is 2. The van der Waals surface area contributed by atoms with Crippen molar-refractivity contribution in [3.05, 3.63) is 35.7 Å². The van der Waals surface area contributed by atoms with Gasteiger partial charge in [-0.3, -0.25) is 0 Å². The SMILES string of the molecule is CC(C)[C@@H](N)c1nc(-c2ccc(F)c(F)c2)no1.Cl. The van der Waals surface area contributed by atoms with Crippen LogP contribution in [0.2, 0.25) is 0 Å². The van der Waals surface area contributed by atoms with Crippen molar-refractivity contribution < 1.29 is 13.3 Å². The van der Waals surface area contributed by atoms with Gasteiger partial charge in [0.05, 0.1) is 6.04 Å². The van der Waals surface area contributed by atoms with E-state index < -0.39 is 11.6 Å². The predicted octanol–water partition coefficient (Wildman–Crippen LogP) is 3.09. The van der Waals surface area contributed by atoms with E-state index in [0.29, 0.717) is 5.56 Å². The third-order valence-corrected chi connectivity index (χ3v) is 2.62. The van der Waals surface area contributed by atoms with E-state index in [1.165, 1.54) is 6.07 Å². The Balaban J connectivity index is 0.00000180. The zero-order chi connectivity index (χ0) is 13.3. The molecule has 0 unspecified atom stereocenters. The zero-order valence-corrected chi connectivity index (χ0v) is 11.2. The lowest BCUT2D eigenvalue weighted by Gasteiger charge is -2.09. The normalized spacial score (nSPS) is 12.3. The Hall–Kier alpha value is -1.53. The van der Waals surface area contributed by atoms with Crippen LogP contribution in [0.25, 0.3) is 11.4 Å². The van der Waals surface area contributed by atoms with Crippen molar-refractivity contribution >= 4 is 12.4 Å². The third-order valence-electron chi connectivity index (χ3n) is 2.62. The Morgan fingerprint density at radius 2 is 1.89 bits per heavy atom. The van der Waals surface area contributed by atoms with Crippen LogP contribution in [0.4, 0.5) is 8.78 Å². The van der Waals surface area contributed by atoms with E-state index >= 15 is 0 Å². The summed E-state index contributed by atoms with van der Waals surface area (Å²) in [6, 6.07) is 3.04. The fourth-order valence-electron chi connectivity index (χ4n) is 1.41. The van der Waals surface area contributed by atoms with Crippen molar-refractivity contribution in [3.8, 4) is 11.4 Å². The molecule has 0 spiro atoms. The van der Waals surface area contributed by atoms with Gasteiger partial charge < -0.3 is 10.3 Å². The van der Waals surface area contributed by atoms with Crippen molar-refractivity contribution in [1.82, 2.24) is 10.1 Å². The molecule has 1 aromatic carbocycles. The molecule has 4 nitrogen and oxygen atoms in total.